The molecule has 7 nitrogen and oxygen atoms in total. The first kappa shape index (κ1) is 10.6. The van der Waals surface area contributed by atoms with E-state index in [0.29, 0.717) is 5.69 Å². The molecule has 2 rings (SSSR count). The minimum Gasteiger partial charge on any atom is -0.341 e. The first-order valence-corrected chi connectivity index (χ1v) is 4.98. The zero-order chi connectivity index (χ0) is 11.7. The number of aryl methyl sites for hydroxylation is 1. The Balaban J connectivity index is 2.31. The molecule has 0 radical (unpaired) electrons. The molecule has 16 heavy (non-hydrogen) atoms. The Morgan fingerprint density at radius 1 is 1.69 bits per heavy atom. The summed E-state index contributed by atoms with van der Waals surface area (Å²) in [7, 11) is 1.75. The highest BCUT2D eigenvalue weighted by atomic mass is 16.6. The van der Waals surface area contributed by atoms with Crippen LogP contribution in [0.1, 0.15) is 24.6 Å². The number of rotatable bonds is 2. The number of amides is 1. The molecule has 0 bridgehead atoms. The Kier molecular flexibility index (Phi) is 2.59. The summed E-state index contributed by atoms with van der Waals surface area (Å²) in [6.45, 7) is 0. The van der Waals surface area contributed by atoms with Crippen LogP contribution in [0, 0.1) is 10.1 Å². The largest absolute Gasteiger partial charge is 0.341 e. The van der Waals surface area contributed by atoms with Crippen molar-refractivity contribution in [2.75, 3.05) is 0 Å². The number of hydrogen-bond acceptors (Lipinski definition) is 4. The zero-order valence-corrected chi connectivity index (χ0v) is 8.79. The average Bonchev–Trinajstić information content (AvgIpc) is 2.63. The molecule has 1 aromatic rings. The summed E-state index contributed by atoms with van der Waals surface area (Å²) in [5.74, 6) is -0.149. The van der Waals surface area contributed by atoms with Crippen LogP contribution in [0.25, 0.3) is 0 Å². The van der Waals surface area contributed by atoms with E-state index in [1.54, 1.807) is 24.1 Å². The van der Waals surface area contributed by atoms with Crippen molar-refractivity contribution >= 4 is 5.91 Å². The van der Waals surface area contributed by atoms with Crippen LogP contribution in [0.5, 0.6) is 0 Å². The first-order chi connectivity index (χ1) is 7.59. The van der Waals surface area contributed by atoms with E-state index in [9.17, 15) is 14.9 Å². The molecule has 0 aliphatic carbocycles. The van der Waals surface area contributed by atoms with Crippen molar-refractivity contribution < 1.29 is 9.72 Å². The number of aromatic nitrogens is 2. The Morgan fingerprint density at radius 2 is 2.44 bits per heavy atom. The van der Waals surface area contributed by atoms with Gasteiger partial charge in [0, 0.05) is 24.8 Å². The normalized spacial score (nSPS) is 25.2. The van der Waals surface area contributed by atoms with Gasteiger partial charge in [-0.3, -0.25) is 14.9 Å². The van der Waals surface area contributed by atoms with E-state index in [4.69, 9.17) is 0 Å². The summed E-state index contributed by atoms with van der Waals surface area (Å²) < 4.78 is 1.69. The molecule has 0 aromatic carbocycles. The van der Waals surface area contributed by atoms with E-state index >= 15 is 0 Å². The lowest BCUT2D eigenvalue weighted by atomic mass is 9.96. The molecular weight excluding hydrogens is 212 g/mol. The molecule has 1 aromatic heterocycles. The molecule has 1 saturated heterocycles. The maximum absolute atomic E-state index is 11.3. The van der Waals surface area contributed by atoms with Gasteiger partial charge in [-0.2, -0.15) is 0 Å². The summed E-state index contributed by atoms with van der Waals surface area (Å²) in [6, 6.07) is -1.35. The molecule has 86 valence electrons. The predicted molar refractivity (Wildman–Crippen MR) is 54.1 cm³/mol. The molecule has 1 aliphatic heterocycles. The second-order valence-electron chi connectivity index (χ2n) is 3.87. The van der Waals surface area contributed by atoms with Gasteiger partial charge in [0.1, 0.15) is 6.04 Å². The minimum atomic E-state index is -0.770. The van der Waals surface area contributed by atoms with Crippen molar-refractivity contribution in [3.05, 3.63) is 28.3 Å². The van der Waals surface area contributed by atoms with Gasteiger partial charge in [0.05, 0.1) is 18.2 Å². The summed E-state index contributed by atoms with van der Waals surface area (Å²) in [5, 5.41) is 13.6. The summed E-state index contributed by atoms with van der Waals surface area (Å²) >= 11 is 0. The van der Waals surface area contributed by atoms with E-state index in [-0.39, 0.29) is 23.7 Å². The zero-order valence-electron chi connectivity index (χ0n) is 8.79. The van der Waals surface area contributed by atoms with Crippen LogP contribution in [0.15, 0.2) is 12.5 Å². The number of imidazole rings is 1. The second-order valence-corrected chi connectivity index (χ2v) is 3.87. The molecule has 0 saturated carbocycles. The maximum atomic E-state index is 11.3. The van der Waals surface area contributed by atoms with Crippen molar-refractivity contribution in [2.45, 2.75) is 24.9 Å². The number of carbonyl (C=O) groups is 1. The molecule has 0 spiro atoms. The fourth-order valence-electron chi connectivity index (χ4n) is 1.95. The molecular formula is C9H12N4O3. The number of piperidine rings is 1. The summed E-state index contributed by atoms with van der Waals surface area (Å²) in [5.41, 5.74) is 0.662. The minimum absolute atomic E-state index is 0.149. The van der Waals surface area contributed by atoms with Gasteiger partial charge in [-0.25, -0.2) is 4.98 Å². The van der Waals surface area contributed by atoms with Crippen LogP contribution in [-0.2, 0) is 11.8 Å². The molecule has 2 atom stereocenters. The van der Waals surface area contributed by atoms with Crippen molar-refractivity contribution in [1.29, 1.82) is 0 Å². The van der Waals surface area contributed by atoms with Crippen molar-refractivity contribution in [3.63, 3.8) is 0 Å². The lowest BCUT2D eigenvalue weighted by Gasteiger charge is -2.26. The Labute approximate surface area is 91.6 Å². The van der Waals surface area contributed by atoms with E-state index in [2.05, 4.69) is 10.3 Å². The Hall–Kier alpha value is -1.92. The third-order valence-electron chi connectivity index (χ3n) is 2.81. The number of nitrogens with one attached hydrogen (secondary N) is 1. The van der Waals surface area contributed by atoms with E-state index in [0.717, 1.165) is 0 Å². The number of nitrogens with zero attached hydrogens (tertiary/aromatic N) is 3. The van der Waals surface area contributed by atoms with Crippen LogP contribution in [0.3, 0.4) is 0 Å². The topological polar surface area (TPSA) is 90.1 Å². The van der Waals surface area contributed by atoms with Gasteiger partial charge < -0.3 is 9.88 Å². The highest BCUT2D eigenvalue weighted by Gasteiger charge is 2.39. The Morgan fingerprint density at radius 3 is 3.00 bits per heavy atom. The van der Waals surface area contributed by atoms with Crippen LogP contribution in [0.2, 0.25) is 0 Å². The van der Waals surface area contributed by atoms with Crippen molar-refractivity contribution in [1.82, 2.24) is 14.9 Å². The standard InChI is InChI=1S/C9H12N4O3/c1-12-5-10-4-7(12)9-6(13(15)16)2-3-8(14)11-9/h4-6,9H,2-3H2,1H3,(H,11,14)/t6-,9-/m0/s1. The quantitative estimate of drug-likeness (QED) is 0.566. The third-order valence-corrected chi connectivity index (χ3v) is 2.81. The van der Waals surface area contributed by atoms with Gasteiger partial charge in [-0.05, 0) is 0 Å². The van der Waals surface area contributed by atoms with Gasteiger partial charge in [-0.1, -0.05) is 0 Å². The number of hydrogen-bond donors (Lipinski definition) is 1. The van der Waals surface area contributed by atoms with Gasteiger partial charge in [0.25, 0.3) is 0 Å². The number of nitro groups is 1. The van der Waals surface area contributed by atoms with E-state index < -0.39 is 12.1 Å². The fourth-order valence-corrected chi connectivity index (χ4v) is 1.95. The molecule has 1 N–H and O–H groups in total. The highest BCUT2D eigenvalue weighted by molar-refractivity contribution is 5.77. The molecule has 1 amide bonds. The van der Waals surface area contributed by atoms with Crippen LogP contribution in [-0.4, -0.2) is 26.4 Å². The van der Waals surface area contributed by atoms with Gasteiger partial charge >= 0.3 is 0 Å². The van der Waals surface area contributed by atoms with Crippen molar-refractivity contribution in [2.24, 2.45) is 7.05 Å². The first-order valence-electron chi connectivity index (χ1n) is 4.98. The van der Waals surface area contributed by atoms with E-state index in [1.165, 1.54) is 0 Å². The summed E-state index contributed by atoms with van der Waals surface area (Å²) in [4.78, 5) is 25.8. The molecule has 1 fully saturated rings. The molecule has 0 unspecified atom stereocenters. The highest BCUT2D eigenvalue weighted by Crippen LogP contribution is 2.25. The lowest BCUT2D eigenvalue weighted by Crippen LogP contribution is -2.45. The molecule has 7 heteroatoms. The van der Waals surface area contributed by atoms with Gasteiger partial charge in [-0.15, -0.1) is 0 Å². The number of carbonyl (C=O) groups excluding carboxylic acids is 1. The summed E-state index contributed by atoms with van der Waals surface area (Å²) in [6.07, 6.45) is 3.59. The van der Waals surface area contributed by atoms with Crippen LogP contribution >= 0.6 is 0 Å². The molecule has 2 heterocycles. The Bertz CT molecular complexity index is 428. The van der Waals surface area contributed by atoms with Gasteiger partial charge in [0.15, 0.2) is 0 Å². The predicted octanol–water partition coefficient (Wildman–Crippen LogP) is 0.0165. The van der Waals surface area contributed by atoms with Crippen LogP contribution in [0.4, 0.5) is 0 Å². The monoisotopic (exact) mass is 224 g/mol. The third kappa shape index (κ3) is 1.75. The second kappa shape index (κ2) is 3.92. The average molecular weight is 224 g/mol. The van der Waals surface area contributed by atoms with Crippen LogP contribution < -0.4 is 5.32 Å². The smallest absolute Gasteiger partial charge is 0.239 e. The van der Waals surface area contributed by atoms with E-state index in [1.807, 2.05) is 0 Å². The van der Waals surface area contributed by atoms with Crippen molar-refractivity contribution in [3.8, 4) is 0 Å². The maximum Gasteiger partial charge on any atom is 0.239 e. The lowest BCUT2D eigenvalue weighted by molar-refractivity contribution is -0.530. The molecule has 1 aliphatic rings. The SMILES string of the molecule is Cn1cncc1[C@H]1NC(=O)CC[C@@H]1[N+](=O)[O-]. The van der Waals surface area contributed by atoms with Gasteiger partial charge in [0.2, 0.25) is 11.9 Å². The fraction of sp³-hybridized carbons (Fsp3) is 0.556.